The van der Waals surface area contributed by atoms with Crippen LogP contribution in [0.2, 0.25) is 0 Å². The summed E-state index contributed by atoms with van der Waals surface area (Å²) >= 11 is 6.41. The molecule has 0 bridgehead atoms. The summed E-state index contributed by atoms with van der Waals surface area (Å²) in [5.41, 5.74) is 0. The molecule has 38 valence electrons. The Hall–Kier alpha value is 0.300. The van der Waals surface area contributed by atoms with Gasteiger partial charge in [-0.25, -0.2) is 4.99 Å². The van der Waals surface area contributed by atoms with Crippen LogP contribution in [0.5, 0.6) is 0 Å². The summed E-state index contributed by atoms with van der Waals surface area (Å²) in [7, 11) is 0. The monoisotopic (exact) mass is 224 g/mol. The summed E-state index contributed by atoms with van der Waals surface area (Å²) in [6.45, 7) is 0. The molecule has 2 nitrogen and oxygen atoms in total. The number of nitrogens with zero attached hydrogens (tertiary/aromatic N) is 2. The Morgan fingerprint density at radius 2 is 2.43 bits per heavy atom. The predicted molar refractivity (Wildman–Crippen MR) is 37.6 cm³/mol. The van der Waals surface area contributed by atoms with Gasteiger partial charge in [0, 0.05) is 0 Å². The number of hydrogen-bond acceptors (Lipinski definition) is 2. The van der Waals surface area contributed by atoms with E-state index in [1.807, 2.05) is 0 Å². The minimum absolute atomic E-state index is 0.0625. The van der Waals surface area contributed by atoms with Crippen LogP contribution in [0.3, 0.4) is 0 Å². The van der Waals surface area contributed by atoms with Crippen LogP contribution in [0.15, 0.2) is 9.98 Å². The van der Waals surface area contributed by atoms with Gasteiger partial charge in [0.1, 0.15) is 11.0 Å². The fourth-order valence-electron chi connectivity index (χ4n) is 0.270. The van der Waals surface area contributed by atoms with Crippen LogP contribution in [0.1, 0.15) is 0 Å². The topological polar surface area (TPSA) is 24.7 Å². The zero-order valence-electron chi connectivity index (χ0n) is 3.31. The smallest absolute Gasteiger partial charge is 0.155 e. The van der Waals surface area contributed by atoms with Gasteiger partial charge in [0.25, 0.3) is 0 Å². The Morgan fingerprint density at radius 3 is 2.57 bits per heavy atom. The molecule has 4 heteroatoms. The van der Waals surface area contributed by atoms with E-state index in [9.17, 15) is 0 Å². The second-order valence-corrected chi connectivity index (χ2v) is 2.73. The number of halogens is 2. The van der Waals surface area contributed by atoms with Gasteiger partial charge < -0.3 is 0 Å². The van der Waals surface area contributed by atoms with Crippen molar-refractivity contribution in [1.82, 2.24) is 0 Å². The lowest BCUT2D eigenvalue weighted by Crippen LogP contribution is -1.95. The van der Waals surface area contributed by atoms with Crippen molar-refractivity contribution in [1.29, 1.82) is 0 Å². The Kier molecular flexibility index (Phi) is 1.59. The second-order valence-electron chi connectivity index (χ2n) is 1.05. The Morgan fingerprint density at radius 1 is 1.71 bits per heavy atom. The minimum atomic E-state index is 0.0625. The van der Waals surface area contributed by atoms with Gasteiger partial charge in [0.15, 0.2) is 4.95 Å². The van der Waals surface area contributed by atoms with Crippen LogP contribution in [0.25, 0.3) is 0 Å². The first kappa shape index (κ1) is 5.44. The van der Waals surface area contributed by atoms with Crippen molar-refractivity contribution in [2.75, 3.05) is 0 Å². The summed E-state index contributed by atoms with van der Waals surface area (Å²) in [5, 5.41) is 0. The van der Waals surface area contributed by atoms with E-state index in [0.717, 1.165) is 4.62 Å². The normalized spacial score (nSPS) is 28.3. The molecule has 0 saturated heterocycles. The molecular weight excluding hydrogens is 224 g/mol. The van der Waals surface area contributed by atoms with E-state index < -0.39 is 0 Å². The fourth-order valence-corrected chi connectivity index (χ4v) is 0.704. The maximum absolute atomic E-state index is 3.86. The van der Waals surface area contributed by atoms with Crippen LogP contribution in [0, 0.1) is 0 Å². The highest BCUT2D eigenvalue weighted by molar-refractivity contribution is 9.20. The van der Waals surface area contributed by atoms with Crippen molar-refractivity contribution in [3.05, 3.63) is 0 Å². The largest absolute Gasteiger partial charge is 0.252 e. The molecule has 1 aliphatic rings. The quantitative estimate of drug-likeness (QED) is 0.442. The first-order chi connectivity index (χ1) is 3.30. The molecule has 0 N–H and O–H groups in total. The Balaban J connectivity index is 2.69. The molecular formula is C3H2Br2N2. The zero-order valence-corrected chi connectivity index (χ0v) is 6.48. The van der Waals surface area contributed by atoms with E-state index in [0.29, 0.717) is 0 Å². The van der Waals surface area contributed by atoms with Crippen LogP contribution in [-0.2, 0) is 0 Å². The maximum atomic E-state index is 3.86. The summed E-state index contributed by atoms with van der Waals surface area (Å²) < 4.78 is 0.840. The lowest BCUT2D eigenvalue weighted by Gasteiger charge is -1.88. The molecule has 0 amide bonds. The van der Waals surface area contributed by atoms with Crippen molar-refractivity contribution >= 4 is 42.8 Å². The van der Waals surface area contributed by atoms with Crippen molar-refractivity contribution in [2.45, 2.75) is 4.95 Å². The van der Waals surface area contributed by atoms with Gasteiger partial charge in [-0.15, -0.1) is 0 Å². The molecule has 1 unspecified atom stereocenters. The van der Waals surface area contributed by atoms with Gasteiger partial charge in [0.2, 0.25) is 0 Å². The highest BCUT2D eigenvalue weighted by Crippen LogP contribution is 2.12. The van der Waals surface area contributed by atoms with Gasteiger partial charge in [-0.05, 0) is 15.9 Å². The average Bonchev–Trinajstić information content (AvgIpc) is 1.91. The molecule has 0 fully saturated rings. The third-order valence-corrected chi connectivity index (χ3v) is 2.50. The number of alkyl halides is 1. The SMILES string of the molecule is BrC1=NC=NC1Br. The van der Waals surface area contributed by atoms with Crippen molar-refractivity contribution in [2.24, 2.45) is 9.98 Å². The first-order valence-corrected chi connectivity index (χ1v) is 3.40. The molecule has 0 aromatic heterocycles. The highest BCUT2D eigenvalue weighted by atomic mass is 79.9. The summed E-state index contributed by atoms with van der Waals surface area (Å²) in [4.78, 5) is 7.73. The molecule has 0 spiro atoms. The minimum Gasteiger partial charge on any atom is -0.252 e. The third-order valence-electron chi connectivity index (χ3n) is 0.575. The van der Waals surface area contributed by atoms with Gasteiger partial charge in [0.05, 0.1) is 0 Å². The number of hydrogen-bond donors (Lipinski definition) is 0. The highest BCUT2D eigenvalue weighted by Gasteiger charge is 2.08. The zero-order chi connectivity index (χ0) is 5.28. The van der Waals surface area contributed by atoms with E-state index >= 15 is 0 Å². The summed E-state index contributed by atoms with van der Waals surface area (Å²) in [6.07, 6.45) is 1.52. The molecule has 1 aliphatic heterocycles. The molecule has 0 radical (unpaired) electrons. The van der Waals surface area contributed by atoms with Gasteiger partial charge in [-0.2, -0.15) is 0 Å². The predicted octanol–water partition coefficient (Wildman–Crippen LogP) is 1.54. The molecule has 0 saturated carbocycles. The lowest BCUT2D eigenvalue weighted by molar-refractivity contribution is 1.31. The van der Waals surface area contributed by atoms with Crippen LogP contribution in [-0.4, -0.2) is 15.9 Å². The first-order valence-electron chi connectivity index (χ1n) is 1.69. The molecule has 1 rings (SSSR count). The molecule has 7 heavy (non-hydrogen) atoms. The van der Waals surface area contributed by atoms with E-state index in [2.05, 4.69) is 41.8 Å². The fraction of sp³-hybridized carbons (Fsp3) is 0.333. The van der Waals surface area contributed by atoms with E-state index in [-0.39, 0.29) is 4.95 Å². The number of rotatable bonds is 0. The molecule has 0 aromatic rings. The molecule has 1 heterocycles. The summed E-state index contributed by atoms with van der Waals surface area (Å²) in [6, 6.07) is 0. The van der Waals surface area contributed by atoms with Gasteiger partial charge in [-0.1, -0.05) is 15.9 Å². The lowest BCUT2D eigenvalue weighted by atomic mass is 10.8. The Bertz CT molecular complexity index is 129. The van der Waals surface area contributed by atoms with Gasteiger partial charge >= 0.3 is 0 Å². The Labute approximate surface area is 58.0 Å². The molecule has 0 aliphatic carbocycles. The van der Waals surface area contributed by atoms with Crippen LogP contribution < -0.4 is 0 Å². The van der Waals surface area contributed by atoms with Crippen LogP contribution >= 0.6 is 31.9 Å². The van der Waals surface area contributed by atoms with Crippen molar-refractivity contribution in [3.8, 4) is 0 Å². The van der Waals surface area contributed by atoms with Crippen LogP contribution in [0.4, 0.5) is 0 Å². The molecule has 0 aromatic carbocycles. The average molecular weight is 226 g/mol. The van der Waals surface area contributed by atoms with Crippen molar-refractivity contribution in [3.63, 3.8) is 0 Å². The standard InChI is InChI=1S/C3H2Br2N2/c4-2-3(5)7-1-6-2/h1-2H. The maximum Gasteiger partial charge on any atom is 0.155 e. The van der Waals surface area contributed by atoms with E-state index in [1.54, 1.807) is 0 Å². The third kappa shape index (κ3) is 1.10. The van der Waals surface area contributed by atoms with Gasteiger partial charge in [-0.3, -0.25) is 4.99 Å². The van der Waals surface area contributed by atoms with E-state index in [1.165, 1.54) is 6.34 Å². The summed E-state index contributed by atoms with van der Waals surface area (Å²) in [5.74, 6) is 0. The second kappa shape index (κ2) is 2.05. The van der Waals surface area contributed by atoms with E-state index in [4.69, 9.17) is 0 Å². The molecule has 1 atom stereocenters. The number of aliphatic imine (C=N–C) groups is 2. The van der Waals surface area contributed by atoms with Crippen molar-refractivity contribution < 1.29 is 0 Å².